The van der Waals surface area contributed by atoms with Gasteiger partial charge in [0.15, 0.2) is 0 Å². The molecule has 0 bridgehead atoms. The monoisotopic (exact) mass is 208 g/mol. The average molecular weight is 208 g/mol. The maximum Gasteiger partial charge on any atom is 0.231 e. The third-order valence-corrected chi connectivity index (χ3v) is 2.25. The summed E-state index contributed by atoms with van der Waals surface area (Å²) < 4.78 is 0. The molecule has 0 spiro atoms. The number of amides is 1. The normalized spacial score (nSPS) is 12.7. The second-order valence-electron chi connectivity index (χ2n) is 3.41. The van der Waals surface area contributed by atoms with Crippen molar-refractivity contribution in [1.29, 1.82) is 0 Å². The van der Waals surface area contributed by atoms with Crippen LogP contribution >= 0.6 is 0 Å². The van der Waals surface area contributed by atoms with E-state index in [-0.39, 0.29) is 18.5 Å². The lowest BCUT2D eigenvalue weighted by Gasteiger charge is -2.25. The Morgan fingerprint density at radius 3 is 2.60 bits per heavy atom. The van der Waals surface area contributed by atoms with Crippen LogP contribution in [0.5, 0.6) is 0 Å². The van der Waals surface area contributed by atoms with Gasteiger partial charge in [-0.1, -0.05) is 0 Å². The molecule has 0 saturated heterocycles. The minimum atomic E-state index is -0.356. The molecule has 82 valence electrons. The van der Waals surface area contributed by atoms with E-state index in [0.29, 0.717) is 6.54 Å². The van der Waals surface area contributed by atoms with Crippen molar-refractivity contribution >= 4 is 5.91 Å². The molecule has 0 aliphatic rings. The zero-order valence-electron chi connectivity index (χ0n) is 8.76. The van der Waals surface area contributed by atoms with Gasteiger partial charge in [0.25, 0.3) is 0 Å². The van der Waals surface area contributed by atoms with Gasteiger partial charge in [-0.15, -0.1) is 0 Å². The number of hydrogen-bond acceptors (Lipinski definition) is 4. The number of nitrogens with zero attached hydrogens (tertiary/aromatic N) is 2. The number of rotatable bonds is 5. The van der Waals surface area contributed by atoms with Gasteiger partial charge in [-0.25, -0.2) is 0 Å². The van der Waals surface area contributed by atoms with Crippen molar-refractivity contribution in [2.24, 2.45) is 11.5 Å². The van der Waals surface area contributed by atoms with Gasteiger partial charge < -0.3 is 11.5 Å². The number of hydrogen-bond donors (Lipinski definition) is 2. The first-order valence-corrected chi connectivity index (χ1v) is 4.73. The number of carbonyl (C=O) groups is 1. The first-order chi connectivity index (χ1) is 7.15. The van der Waals surface area contributed by atoms with Gasteiger partial charge in [0, 0.05) is 25.0 Å². The molecule has 4 N–H and O–H groups in total. The first-order valence-electron chi connectivity index (χ1n) is 4.73. The highest BCUT2D eigenvalue weighted by atomic mass is 16.1. The van der Waals surface area contributed by atoms with Crippen LogP contribution in [0, 0.1) is 0 Å². The minimum absolute atomic E-state index is 0.000463. The zero-order chi connectivity index (χ0) is 11.3. The van der Waals surface area contributed by atoms with Gasteiger partial charge in [-0.05, 0) is 24.7 Å². The van der Waals surface area contributed by atoms with Crippen LogP contribution in [0.3, 0.4) is 0 Å². The van der Waals surface area contributed by atoms with Gasteiger partial charge in [0.05, 0.1) is 6.54 Å². The minimum Gasteiger partial charge on any atom is -0.369 e. The first kappa shape index (κ1) is 11.6. The van der Waals surface area contributed by atoms with Gasteiger partial charge >= 0.3 is 0 Å². The molecule has 0 aliphatic heterocycles. The highest BCUT2D eigenvalue weighted by Gasteiger charge is 2.16. The molecule has 0 saturated carbocycles. The van der Waals surface area contributed by atoms with E-state index in [1.165, 1.54) is 0 Å². The molecule has 1 aromatic rings. The van der Waals surface area contributed by atoms with E-state index >= 15 is 0 Å². The molecule has 1 rings (SSSR count). The summed E-state index contributed by atoms with van der Waals surface area (Å²) in [7, 11) is 1.82. The molecule has 1 amide bonds. The van der Waals surface area contributed by atoms with Crippen molar-refractivity contribution < 1.29 is 4.79 Å². The third-order valence-electron chi connectivity index (χ3n) is 2.25. The van der Waals surface area contributed by atoms with E-state index in [9.17, 15) is 4.79 Å². The number of likely N-dealkylation sites (N-methyl/N-ethyl adjacent to an activating group) is 1. The van der Waals surface area contributed by atoms with E-state index in [4.69, 9.17) is 11.5 Å². The van der Waals surface area contributed by atoms with E-state index < -0.39 is 0 Å². The van der Waals surface area contributed by atoms with Crippen molar-refractivity contribution in [1.82, 2.24) is 9.88 Å². The highest BCUT2D eigenvalue weighted by Crippen LogP contribution is 2.16. The fourth-order valence-corrected chi connectivity index (χ4v) is 1.51. The predicted octanol–water partition coefficient (Wildman–Crippen LogP) is -0.501. The van der Waals surface area contributed by atoms with E-state index in [2.05, 4.69) is 4.98 Å². The maximum absolute atomic E-state index is 10.8. The fourth-order valence-electron chi connectivity index (χ4n) is 1.51. The summed E-state index contributed by atoms with van der Waals surface area (Å²) >= 11 is 0. The predicted molar refractivity (Wildman–Crippen MR) is 57.9 cm³/mol. The van der Waals surface area contributed by atoms with Gasteiger partial charge in [0.1, 0.15) is 0 Å². The molecule has 5 heteroatoms. The molecule has 1 aromatic heterocycles. The second kappa shape index (κ2) is 5.43. The largest absolute Gasteiger partial charge is 0.369 e. The molecule has 1 heterocycles. The highest BCUT2D eigenvalue weighted by molar-refractivity contribution is 5.75. The summed E-state index contributed by atoms with van der Waals surface area (Å²) in [6.07, 6.45) is 3.41. The molecule has 1 atom stereocenters. The lowest BCUT2D eigenvalue weighted by molar-refractivity contribution is -0.119. The average Bonchev–Trinajstić information content (AvgIpc) is 2.19. The molecular formula is C10H16N4O. The van der Waals surface area contributed by atoms with Crippen LogP contribution in [0.25, 0.3) is 0 Å². The van der Waals surface area contributed by atoms with E-state index in [1.54, 1.807) is 12.4 Å². The summed E-state index contributed by atoms with van der Waals surface area (Å²) in [5.74, 6) is -0.356. The zero-order valence-corrected chi connectivity index (χ0v) is 8.76. The lowest BCUT2D eigenvalue weighted by Crippen LogP contribution is -2.37. The number of nitrogens with two attached hydrogens (primary N) is 2. The molecule has 15 heavy (non-hydrogen) atoms. The molecule has 0 aliphatic carbocycles. The number of aromatic nitrogens is 1. The Morgan fingerprint density at radius 1 is 1.53 bits per heavy atom. The molecular weight excluding hydrogens is 192 g/mol. The van der Waals surface area contributed by atoms with E-state index in [1.807, 2.05) is 24.1 Å². The van der Waals surface area contributed by atoms with Gasteiger partial charge in [-0.3, -0.25) is 14.7 Å². The molecule has 5 nitrogen and oxygen atoms in total. The Kier molecular flexibility index (Phi) is 4.20. The van der Waals surface area contributed by atoms with Crippen molar-refractivity contribution in [3.05, 3.63) is 30.1 Å². The Balaban J connectivity index is 2.75. The molecule has 1 unspecified atom stereocenters. The standard InChI is InChI=1S/C10H16N4O/c1-14(7-10(12)15)9(6-11)8-2-4-13-5-3-8/h2-5,9H,6-7,11H2,1H3,(H2,12,15). The van der Waals surface area contributed by atoms with Crippen LogP contribution in [-0.4, -0.2) is 35.9 Å². The Labute approximate surface area is 89.1 Å². The SMILES string of the molecule is CN(CC(N)=O)C(CN)c1ccncc1. The fraction of sp³-hybridized carbons (Fsp3) is 0.400. The van der Waals surface area contributed by atoms with Crippen molar-refractivity contribution in [2.45, 2.75) is 6.04 Å². The Morgan fingerprint density at radius 2 is 2.13 bits per heavy atom. The Bertz CT molecular complexity index is 314. The van der Waals surface area contributed by atoms with Gasteiger partial charge in [0.2, 0.25) is 5.91 Å². The van der Waals surface area contributed by atoms with Gasteiger partial charge in [-0.2, -0.15) is 0 Å². The Hall–Kier alpha value is -1.46. The molecule has 0 fully saturated rings. The van der Waals surface area contributed by atoms with Crippen molar-refractivity contribution in [3.63, 3.8) is 0 Å². The van der Waals surface area contributed by atoms with Crippen LogP contribution in [0.1, 0.15) is 11.6 Å². The smallest absolute Gasteiger partial charge is 0.231 e. The molecule has 0 radical (unpaired) electrons. The summed E-state index contributed by atoms with van der Waals surface area (Å²) in [5, 5.41) is 0. The molecule has 0 aromatic carbocycles. The second-order valence-corrected chi connectivity index (χ2v) is 3.41. The van der Waals surface area contributed by atoms with Crippen LogP contribution < -0.4 is 11.5 Å². The summed E-state index contributed by atoms with van der Waals surface area (Å²) in [5.41, 5.74) is 11.8. The quantitative estimate of drug-likeness (QED) is 0.683. The van der Waals surface area contributed by atoms with Crippen LogP contribution in [0.2, 0.25) is 0 Å². The third kappa shape index (κ3) is 3.30. The van der Waals surface area contributed by atoms with Crippen LogP contribution in [0.4, 0.5) is 0 Å². The number of carbonyl (C=O) groups excluding carboxylic acids is 1. The van der Waals surface area contributed by atoms with E-state index in [0.717, 1.165) is 5.56 Å². The van der Waals surface area contributed by atoms with Crippen molar-refractivity contribution in [2.75, 3.05) is 20.1 Å². The number of primary amides is 1. The summed E-state index contributed by atoms with van der Waals surface area (Å²) in [4.78, 5) is 16.6. The van der Waals surface area contributed by atoms with Crippen molar-refractivity contribution in [3.8, 4) is 0 Å². The van der Waals surface area contributed by atoms with Crippen LogP contribution in [0.15, 0.2) is 24.5 Å². The number of pyridine rings is 1. The topological polar surface area (TPSA) is 85.2 Å². The maximum atomic E-state index is 10.8. The summed E-state index contributed by atoms with van der Waals surface area (Å²) in [6.45, 7) is 0.637. The summed E-state index contributed by atoms with van der Waals surface area (Å²) in [6, 6.07) is 3.77. The lowest BCUT2D eigenvalue weighted by atomic mass is 10.1. The van der Waals surface area contributed by atoms with Crippen LogP contribution in [-0.2, 0) is 4.79 Å².